The van der Waals surface area contributed by atoms with Crippen molar-refractivity contribution in [1.82, 2.24) is 0 Å². The monoisotopic (exact) mass is 507 g/mol. The van der Waals surface area contributed by atoms with Crippen LogP contribution in [0.15, 0.2) is 24.3 Å². The summed E-state index contributed by atoms with van der Waals surface area (Å²) >= 11 is 0. The standard InChI is InChI=1S/C33H46FNO2/c1-29(2)22(20-8-9-21(28(36)37)25(34)19-20)12-15-30(3)26(29)13-16-32(5)27(30)11-10-23-24-7-6-14-33(24,35)18-17-31(23,32)4/h8-9,12,19,23-24,26-27H,6-7,10-11,13-18,35H2,1-5H3,(H,36,37)/t23-,24-,26?,27?,30+,31-,32-,33+/m1/s1. The fourth-order valence-electron chi connectivity index (χ4n) is 11.6. The number of halogens is 1. The van der Waals surface area contributed by atoms with Crippen molar-refractivity contribution in [2.45, 2.75) is 104 Å². The zero-order valence-electron chi connectivity index (χ0n) is 23.5. The van der Waals surface area contributed by atoms with Crippen LogP contribution in [0.2, 0.25) is 0 Å². The van der Waals surface area contributed by atoms with Crippen molar-refractivity contribution in [2.24, 2.45) is 51.1 Å². The average molecular weight is 508 g/mol. The van der Waals surface area contributed by atoms with Gasteiger partial charge in [0.15, 0.2) is 0 Å². The van der Waals surface area contributed by atoms with Crippen molar-refractivity contribution in [3.8, 4) is 0 Å². The average Bonchev–Trinajstić information content (AvgIpc) is 3.21. The highest BCUT2D eigenvalue weighted by atomic mass is 19.1. The van der Waals surface area contributed by atoms with Crippen molar-refractivity contribution >= 4 is 11.5 Å². The molecule has 37 heavy (non-hydrogen) atoms. The molecular weight excluding hydrogens is 461 g/mol. The SMILES string of the molecule is CC1(C)C(c2ccc(C(=O)O)c(F)c2)=CC[C@@]2(C)C1CC[C@]1(C)C2CC[C@@H]2[C@H]3CCC[C@]3(N)CC[C@]21C. The van der Waals surface area contributed by atoms with Crippen LogP contribution in [0.25, 0.3) is 5.57 Å². The number of aromatic carboxylic acids is 1. The molecule has 0 aromatic heterocycles. The van der Waals surface area contributed by atoms with Gasteiger partial charge in [0.05, 0.1) is 5.56 Å². The predicted octanol–water partition coefficient (Wildman–Crippen LogP) is 8.08. The molecule has 2 unspecified atom stereocenters. The summed E-state index contributed by atoms with van der Waals surface area (Å²) in [6, 6.07) is 4.69. The summed E-state index contributed by atoms with van der Waals surface area (Å²) < 4.78 is 14.7. The number of allylic oxidation sites excluding steroid dienone is 2. The molecule has 0 amide bonds. The fourth-order valence-corrected chi connectivity index (χ4v) is 11.6. The Hall–Kier alpha value is -1.68. The molecule has 4 saturated carbocycles. The summed E-state index contributed by atoms with van der Waals surface area (Å²) in [4.78, 5) is 11.4. The number of carbonyl (C=O) groups is 1. The molecule has 5 aliphatic carbocycles. The van der Waals surface area contributed by atoms with Crippen LogP contribution in [0.4, 0.5) is 4.39 Å². The second kappa shape index (κ2) is 7.93. The first-order valence-corrected chi connectivity index (χ1v) is 14.8. The fraction of sp³-hybridized carbons (Fsp3) is 0.727. The number of carboxylic acids is 1. The summed E-state index contributed by atoms with van der Waals surface area (Å²) in [6.07, 6.45) is 14.8. The van der Waals surface area contributed by atoms with Crippen LogP contribution in [0.3, 0.4) is 0 Å². The minimum Gasteiger partial charge on any atom is -0.478 e. The quantitative estimate of drug-likeness (QED) is 0.425. The number of rotatable bonds is 2. The molecule has 5 aliphatic rings. The van der Waals surface area contributed by atoms with Gasteiger partial charge in [-0.3, -0.25) is 0 Å². The minimum atomic E-state index is -1.21. The summed E-state index contributed by atoms with van der Waals surface area (Å²) in [5.41, 5.74) is 9.69. The van der Waals surface area contributed by atoms with E-state index in [0.29, 0.717) is 28.6 Å². The highest BCUT2D eigenvalue weighted by Crippen LogP contribution is 2.75. The van der Waals surface area contributed by atoms with Gasteiger partial charge in [-0.15, -0.1) is 0 Å². The van der Waals surface area contributed by atoms with Crippen LogP contribution in [0, 0.1) is 51.1 Å². The lowest BCUT2D eigenvalue weighted by molar-refractivity contribution is -0.215. The second-order valence-electron chi connectivity index (χ2n) is 14.9. The maximum Gasteiger partial charge on any atom is 0.338 e. The highest BCUT2D eigenvalue weighted by molar-refractivity contribution is 5.88. The molecule has 0 aliphatic heterocycles. The van der Waals surface area contributed by atoms with Crippen LogP contribution < -0.4 is 5.73 Å². The van der Waals surface area contributed by atoms with Crippen LogP contribution >= 0.6 is 0 Å². The van der Waals surface area contributed by atoms with Crippen LogP contribution in [0.1, 0.15) is 115 Å². The molecule has 0 bridgehead atoms. The summed E-state index contributed by atoms with van der Waals surface area (Å²) in [7, 11) is 0. The predicted molar refractivity (Wildman–Crippen MR) is 146 cm³/mol. The molecule has 1 aromatic rings. The highest BCUT2D eigenvalue weighted by Gasteiger charge is 2.69. The van der Waals surface area contributed by atoms with Gasteiger partial charge in [0, 0.05) is 5.54 Å². The summed E-state index contributed by atoms with van der Waals surface area (Å²) in [5, 5.41) is 9.30. The van der Waals surface area contributed by atoms with Crippen molar-refractivity contribution in [1.29, 1.82) is 0 Å². The van der Waals surface area contributed by atoms with Gasteiger partial charge < -0.3 is 10.8 Å². The molecule has 4 fully saturated rings. The molecule has 0 heterocycles. The molecule has 0 radical (unpaired) electrons. The lowest BCUT2D eigenvalue weighted by Crippen LogP contribution is -2.66. The molecule has 8 atom stereocenters. The van der Waals surface area contributed by atoms with E-state index in [4.69, 9.17) is 5.73 Å². The van der Waals surface area contributed by atoms with Crippen molar-refractivity contribution in [2.75, 3.05) is 0 Å². The molecule has 3 nitrogen and oxygen atoms in total. The van der Waals surface area contributed by atoms with E-state index in [2.05, 4.69) is 40.7 Å². The minimum absolute atomic E-state index is 0.0877. The molecule has 0 saturated heterocycles. The topological polar surface area (TPSA) is 63.3 Å². The van der Waals surface area contributed by atoms with Crippen molar-refractivity contribution < 1.29 is 14.3 Å². The van der Waals surface area contributed by atoms with Gasteiger partial charge in [-0.1, -0.05) is 53.2 Å². The number of hydrogen-bond acceptors (Lipinski definition) is 2. The Bertz CT molecular complexity index is 1170. The lowest BCUT2D eigenvalue weighted by atomic mass is 9.33. The smallest absolute Gasteiger partial charge is 0.338 e. The van der Waals surface area contributed by atoms with Gasteiger partial charge in [0.2, 0.25) is 0 Å². The normalized spacial score (nSPS) is 46.2. The van der Waals surface area contributed by atoms with Gasteiger partial charge >= 0.3 is 5.97 Å². The van der Waals surface area contributed by atoms with E-state index < -0.39 is 11.8 Å². The van der Waals surface area contributed by atoms with Crippen LogP contribution in [-0.2, 0) is 0 Å². The van der Waals surface area contributed by atoms with E-state index in [0.717, 1.165) is 17.9 Å². The maximum absolute atomic E-state index is 14.7. The number of carboxylic acid groups (broad SMARTS) is 1. The third-order valence-electron chi connectivity index (χ3n) is 13.5. The summed E-state index contributed by atoms with van der Waals surface area (Å²) in [6.45, 7) is 12.6. The first-order chi connectivity index (χ1) is 17.3. The molecule has 202 valence electrons. The van der Waals surface area contributed by atoms with Crippen molar-refractivity contribution in [3.05, 3.63) is 41.2 Å². The molecular formula is C33H46FNO2. The van der Waals surface area contributed by atoms with E-state index in [-0.39, 0.29) is 21.9 Å². The first kappa shape index (κ1) is 25.6. The van der Waals surface area contributed by atoms with Crippen molar-refractivity contribution in [3.63, 3.8) is 0 Å². The van der Waals surface area contributed by atoms with Crippen LogP contribution in [0.5, 0.6) is 0 Å². The Labute approximate surface area is 222 Å². The summed E-state index contributed by atoms with van der Waals surface area (Å²) in [5.74, 6) is 0.800. The van der Waals surface area contributed by atoms with E-state index in [1.54, 1.807) is 0 Å². The third kappa shape index (κ3) is 3.23. The Balaban J connectivity index is 1.36. The first-order valence-electron chi connectivity index (χ1n) is 14.8. The number of nitrogens with two attached hydrogens (primary N) is 1. The lowest BCUT2D eigenvalue weighted by Gasteiger charge is -2.72. The van der Waals surface area contributed by atoms with Crippen LogP contribution in [-0.4, -0.2) is 16.6 Å². The molecule has 6 rings (SSSR count). The molecule has 1 aromatic carbocycles. The molecule has 0 spiro atoms. The molecule has 3 N–H and O–H groups in total. The maximum atomic E-state index is 14.7. The van der Waals surface area contributed by atoms with E-state index in [1.807, 2.05) is 6.07 Å². The van der Waals surface area contributed by atoms with Gasteiger partial charge in [0.25, 0.3) is 0 Å². The number of fused-ring (bicyclic) bond motifs is 7. The Morgan fingerprint density at radius 2 is 1.68 bits per heavy atom. The third-order valence-corrected chi connectivity index (χ3v) is 13.5. The number of benzene rings is 1. The van der Waals surface area contributed by atoms with Gasteiger partial charge in [-0.25, -0.2) is 9.18 Å². The van der Waals surface area contributed by atoms with Gasteiger partial charge in [0.1, 0.15) is 5.82 Å². The largest absolute Gasteiger partial charge is 0.478 e. The second-order valence-corrected chi connectivity index (χ2v) is 14.9. The van der Waals surface area contributed by atoms with E-state index in [1.165, 1.54) is 75.5 Å². The zero-order valence-corrected chi connectivity index (χ0v) is 23.5. The molecule has 4 heteroatoms. The Morgan fingerprint density at radius 3 is 2.38 bits per heavy atom. The Morgan fingerprint density at radius 1 is 0.919 bits per heavy atom. The van der Waals surface area contributed by atoms with Gasteiger partial charge in [-0.05, 0) is 126 Å². The van der Waals surface area contributed by atoms with E-state index >= 15 is 0 Å². The zero-order chi connectivity index (χ0) is 26.6. The number of hydrogen-bond donors (Lipinski definition) is 2. The Kier molecular flexibility index (Phi) is 5.48. The van der Waals surface area contributed by atoms with Gasteiger partial charge in [-0.2, -0.15) is 0 Å². The van der Waals surface area contributed by atoms with E-state index in [9.17, 15) is 14.3 Å².